The lowest BCUT2D eigenvalue weighted by atomic mass is 9.85. The molecule has 0 aromatic heterocycles. The molecule has 2 N–H and O–H groups in total. The van der Waals surface area contributed by atoms with Crippen molar-refractivity contribution >= 4 is 0 Å². The number of hydrogen-bond acceptors (Lipinski definition) is 2. The molecule has 0 aliphatic carbocycles. The second kappa shape index (κ2) is 4.97. The van der Waals surface area contributed by atoms with Gasteiger partial charge in [-0.15, -0.1) is 0 Å². The molecule has 0 saturated carbocycles. The predicted molar refractivity (Wildman–Crippen MR) is 59.8 cm³/mol. The number of hydrogen-bond donors (Lipinski definition) is 1. The summed E-state index contributed by atoms with van der Waals surface area (Å²) in [6, 6.07) is 1.09. The first-order valence-corrected chi connectivity index (χ1v) is 5.26. The Balaban J connectivity index is 4.40. The average molecular weight is 186 g/mol. The van der Waals surface area contributed by atoms with Crippen LogP contribution in [0.25, 0.3) is 0 Å². The maximum Gasteiger partial charge on any atom is 0.0266 e. The van der Waals surface area contributed by atoms with Crippen molar-refractivity contribution in [3.8, 4) is 0 Å². The third-order valence-electron chi connectivity index (χ3n) is 3.00. The monoisotopic (exact) mass is 186 g/mol. The molecule has 13 heavy (non-hydrogen) atoms. The summed E-state index contributed by atoms with van der Waals surface area (Å²) >= 11 is 0. The van der Waals surface area contributed by atoms with Crippen molar-refractivity contribution in [2.75, 3.05) is 13.6 Å². The number of nitrogens with zero attached hydrogens (tertiary/aromatic N) is 1. The van der Waals surface area contributed by atoms with Crippen LogP contribution in [0, 0.1) is 5.41 Å². The molecule has 0 amide bonds. The molecule has 2 heteroatoms. The van der Waals surface area contributed by atoms with E-state index in [9.17, 15) is 0 Å². The van der Waals surface area contributed by atoms with E-state index in [0.29, 0.717) is 12.1 Å². The molecule has 0 saturated heterocycles. The van der Waals surface area contributed by atoms with E-state index in [1.54, 1.807) is 0 Å². The van der Waals surface area contributed by atoms with E-state index in [0.717, 1.165) is 6.54 Å². The van der Waals surface area contributed by atoms with Gasteiger partial charge >= 0.3 is 0 Å². The Morgan fingerprint density at radius 2 is 1.77 bits per heavy atom. The van der Waals surface area contributed by atoms with Crippen LogP contribution in [-0.4, -0.2) is 30.6 Å². The first-order chi connectivity index (χ1) is 5.84. The fourth-order valence-electron chi connectivity index (χ4n) is 1.73. The highest BCUT2D eigenvalue weighted by molar-refractivity contribution is 4.84. The summed E-state index contributed by atoms with van der Waals surface area (Å²) in [5.41, 5.74) is 6.08. The van der Waals surface area contributed by atoms with Crippen LogP contribution in [0.3, 0.4) is 0 Å². The molecule has 2 atom stereocenters. The highest BCUT2D eigenvalue weighted by atomic mass is 15.2. The van der Waals surface area contributed by atoms with Gasteiger partial charge in [-0.3, -0.25) is 4.90 Å². The lowest BCUT2D eigenvalue weighted by molar-refractivity contribution is 0.0949. The fourth-order valence-corrected chi connectivity index (χ4v) is 1.73. The van der Waals surface area contributed by atoms with Crippen LogP contribution in [0.15, 0.2) is 0 Å². The number of likely N-dealkylation sites (N-methyl/N-ethyl adjacent to an activating group) is 1. The van der Waals surface area contributed by atoms with Crippen LogP contribution in [-0.2, 0) is 0 Å². The van der Waals surface area contributed by atoms with Crippen LogP contribution >= 0.6 is 0 Å². The Bertz CT molecular complexity index is 138. The van der Waals surface area contributed by atoms with Gasteiger partial charge in [-0.1, -0.05) is 27.7 Å². The maximum atomic E-state index is 5.81. The molecular formula is C11H26N2. The van der Waals surface area contributed by atoms with Crippen molar-refractivity contribution in [2.45, 2.75) is 53.1 Å². The van der Waals surface area contributed by atoms with E-state index in [-0.39, 0.29) is 5.41 Å². The summed E-state index contributed by atoms with van der Waals surface area (Å²) in [4.78, 5) is 2.40. The molecule has 80 valence electrons. The predicted octanol–water partition coefficient (Wildman–Crippen LogP) is 2.09. The van der Waals surface area contributed by atoms with E-state index in [1.807, 2.05) is 0 Å². The van der Waals surface area contributed by atoms with Gasteiger partial charge in [-0.2, -0.15) is 0 Å². The number of rotatable bonds is 4. The lowest BCUT2D eigenvalue weighted by Gasteiger charge is -2.40. The zero-order valence-corrected chi connectivity index (χ0v) is 10.1. The van der Waals surface area contributed by atoms with E-state index in [1.165, 1.54) is 6.42 Å². The maximum absolute atomic E-state index is 5.81. The van der Waals surface area contributed by atoms with Gasteiger partial charge in [0.05, 0.1) is 0 Å². The quantitative estimate of drug-likeness (QED) is 0.728. The molecule has 0 aliphatic rings. The Morgan fingerprint density at radius 3 is 2.00 bits per heavy atom. The molecule has 0 rings (SSSR count). The molecular weight excluding hydrogens is 160 g/mol. The first kappa shape index (κ1) is 12.9. The van der Waals surface area contributed by atoms with E-state index in [4.69, 9.17) is 5.73 Å². The van der Waals surface area contributed by atoms with Crippen LogP contribution in [0.5, 0.6) is 0 Å². The molecule has 0 aromatic rings. The Labute approximate surface area is 83.5 Å². The lowest BCUT2D eigenvalue weighted by Crippen LogP contribution is -2.50. The normalized spacial score (nSPS) is 17.5. The molecule has 0 spiro atoms. The van der Waals surface area contributed by atoms with Gasteiger partial charge in [0.25, 0.3) is 0 Å². The Kier molecular flexibility index (Phi) is 4.93. The minimum absolute atomic E-state index is 0.271. The average Bonchev–Trinajstić information content (AvgIpc) is 2.01. The zero-order chi connectivity index (χ0) is 10.6. The molecule has 0 aromatic carbocycles. The highest BCUT2D eigenvalue weighted by Crippen LogP contribution is 2.24. The summed E-state index contributed by atoms with van der Waals surface area (Å²) in [7, 11) is 2.18. The van der Waals surface area contributed by atoms with E-state index in [2.05, 4.69) is 46.6 Å². The van der Waals surface area contributed by atoms with E-state index < -0.39 is 0 Å². The van der Waals surface area contributed by atoms with Gasteiger partial charge < -0.3 is 5.73 Å². The Hall–Kier alpha value is -0.0800. The summed E-state index contributed by atoms with van der Waals surface area (Å²) in [6.45, 7) is 12.0. The van der Waals surface area contributed by atoms with Crippen molar-refractivity contribution in [1.29, 1.82) is 0 Å². The molecule has 2 nitrogen and oxygen atoms in total. The molecule has 0 radical (unpaired) electrons. The van der Waals surface area contributed by atoms with Gasteiger partial charge in [0.15, 0.2) is 0 Å². The minimum Gasteiger partial charge on any atom is -0.329 e. The van der Waals surface area contributed by atoms with Crippen molar-refractivity contribution in [3.05, 3.63) is 0 Å². The van der Waals surface area contributed by atoms with Crippen LogP contribution in [0.4, 0.5) is 0 Å². The van der Waals surface area contributed by atoms with Gasteiger partial charge in [0, 0.05) is 18.6 Å². The van der Waals surface area contributed by atoms with Gasteiger partial charge in [-0.05, 0) is 25.8 Å². The van der Waals surface area contributed by atoms with Crippen LogP contribution in [0.1, 0.15) is 41.0 Å². The third-order valence-corrected chi connectivity index (χ3v) is 3.00. The molecule has 0 fully saturated rings. The van der Waals surface area contributed by atoms with Crippen LogP contribution < -0.4 is 5.73 Å². The van der Waals surface area contributed by atoms with Gasteiger partial charge in [0.2, 0.25) is 0 Å². The van der Waals surface area contributed by atoms with E-state index >= 15 is 0 Å². The van der Waals surface area contributed by atoms with Crippen LogP contribution in [0.2, 0.25) is 0 Å². The smallest absolute Gasteiger partial charge is 0.0266 e. The topological polar surface area (TPSA) is 29.3 Å². The summed E-state index contributed by atoms with van der Waals surface area (Å²) < 4.78 is 0. The highest BCUT2D eigenvalue weighted by Gasteiger charge is 2.28. The summed E-state index contributed by atoms with van der Waals surface area (Å²) in [5.74, 6) is 0. The van der Waals surface area contributed by atoms with Crippen molar-refractivity contribution in [3.63, 3.8) is 0 Å². The minimum atomic E-state index is 0.271. The Morgan fingerprint density at radius 1 is 1.31 bits per heavy atom. The second-order valence-electron chi connectivity index (χ2n) is 5.04. The SMILES string of the molecule is CCC(C)N(C)C(CN)C(C)(C)C. The molecule has 2 unspecified atom stereocenters. The van der Waals surface area contributed by atoms with Crippen molar-refractivity contribution < 1.29 is 0 Å². The summed E-state index contributed by atoms with van der Waals surface area (Å²) in [6.07, 6.45) is 1.18. The van der Waals surface area contributed by atoms with Gasteiger partial charge in [-0.25, -0.2) is 0 Å². The van der Waals surface area contributed by atoms with Crippen molar-refractivity contribution in [2.24, 2.45) is 11.1 Å². The second-order valence-corrected chi connectivity index (χ2v) is 5.04. The number of nitrogens with two attached hydrogens (primary N) is 1. The zero-order valence-electron chi connectivity index (χ0n) is 10.1. The molecule has 0 aliphatic heterocycles. The first-order valence-electron chi connectivity index (χ1n) is 5.26. The van der Waals surface area contributed by atoms with Gasteiger partial charge in [0.1, 0.15) is 0 Å². The molecule has 0 heterocycles. The largest absolute Gasteiger partial charge is 0.329 e. The standard InChI is InChI=1S/C11H26N2/c1-7-9(2)13(6)10(8-12)11(3,4)5/h9-10H,7-8,12H2,1-6H3. The fraction of sp³-hybridized carbons (Fsp3) is 1.00. The summed E-state index contributed by atoms with van der Waals surface area (Å²) in [5, 5.41) is 0. The molecule has 0 bridgehead atoms. The van der Waals surface area contributed by atoms with Crippen molar-refractivity contribution in [1.82, 2.24) is 4.90 Å². The third kappa shape index (κ3) is 3.65.